The quantitative estimate of drug-likeness (QED) is 0.0984. The average Bonchev–Trinajstić information content (AvgIpc) is 4.18. The smallest absolute Gasteiger partial charge is 0.407 e. The number of amides is 4. The van der Waals surface area contributed by atoms with E-state index in [9.17, 15) is 19.2 Å². The van der Waals surface area contributed by atoms with Crippen LogP contribution in [0.15, 0.2) is 54.9 Å². The number of hydrogen-bond acceptors (Lipinski definition) is 10. The van der Waals surface area contributed by atoms with Crippen LogP contribution in [0.4, 0.5) is 14.0 Å². The molecule has 1 aliphatic carbocycles. The maximum absolute atomic E-state index is 16.9. The molecule has 4 aromatic heterocycles. The number of aryl methyl sites for hydroxylation is 2. The zero-order valence-corrected chi connectivity index (χ0v) is 39.8. The van der Waals surface area contributed by atoms with Crippen LogP contribution >= 0.6 is 11.3 Å². The molecule has 16 nitrogen and oxygen atoms in total. The molecule has 5 unspecified atom stereocenters. The second kappa shape index (κ2) is 18.1. The second-order valence-electron chi connectivity index (χ2n) is 18.9. The molecule has 0 saturated carbocycles. The highest BCUT2D eigenvalue weighted by atomic mass is 32.1. The van der Waals surface area contributed by atoms with E-state index in [4.69, 9.17) is 24.2 Å². The lowest BCUT2D eigenvalue weighted by Crippen LogP contribution is -2.51. The number of thiophene rings is 1. The van der Waals surface area contributed by atoms with Gasteiger partial charge in [0.25, 0.3) is 0 Å². The largest absolute Gasteiger partial charge is 0.464 e. The number of likely N-dealkylation sites (tertiary alicyclic amines) is 2. The fraction of sp³-hybridized carbons (Fsp3) is 0.440. The van der Waals surface area contributed by atoms with Gasteiger partial charge in [-0.2, -0.15) is 0 Å². The molecule has 10 rings (SSSR count). The summed E-state index contributed by atoms with van der Waals surface area (Å²) in [7, 11) is 2.55. The molecule has 0 bridgehead atoms. The molecule has 2 fully saturated rings. The van der Waals surface area contributed by atoms with Gasteiger partial charge in [-0.05, 0) is 98.7 Å². The van der Waals surface area contributed by atoms with Gasteiger partial charge < -0.3 is 44.6 Å². The van der Waals surface area contributed by atoms with E-state index in [0.29, 0.717) is 59.4 Å². The van der Waals surface area contributed by atoms with Crippen molar-refractivity contribution in [2.45, 2.75) is 103 Å². The van der Waals surface area contributed by atoms with Gasteiger partial charge in [-0.3, -0.25) is 14.2 Å². The highest BCUT2D eigenvalue weighted by Crippen LogP contribution is 2.49. The van der Waals surface area contributed by atoms with Crippen LogP contribution in [0, 0.1) is 17.7 Å². The summed E-state index contributed by atoms with van der Waals surface area (Å²) >= 11 is 1.75. The van der Waals surface area contributed by atoms with E-state index in [2.05, 4.69) is 37.3 Å². The van der Waals surface area contributed by atoms with Crippen LogP contribution in [0.25, 0.3) is 44.7 Å². The molecule has 3 aliphatic heterocycles. The van der Waals surface area contributed by atoms with Gasteiger partial charge in [-0.25, -0.2) is 23.9 Å². The number of nitrogens with one attached hydrogen (secondary N) is 4. The maximum atomic E-state index is 16.9. The van der Waals surface area contributed by atoms with Crippen LogP contribution < -0.4 is 15.4 Å². The molecule has 356 valence electrons. The molecule has 7 heterocycles. The standard InChI is InChI=1S/C50H56FN9O7S/c1-25(2)42(56-49(63)65-5)46(61)58-16-8-11-35(58)44-52-23-32(54-44)27-14-15-34-30(18-27)20-37-41-31(51)19-29(21-38(41)67-48(60(34)37)40-22-28-10-7-13-39(28)68-40)33-24-53-45(55-33)36-12-9-17-59(36)47(62)43(26(3)4)57-50(64)66-6/h14-15,18-26,35-36,42-43,48H,7-13,16-17H2,1-6H3,(H,52,54)(H,53,55)(H,56,63)(H,57,64). The Balaban J connectivity index is 0.966. The zero-order chi connectivity index (χ0) is 47.5. The van der Waals surface area contributed by atoms with E-state index in [1.807, 2.05) is 52.0 Å². The molecular weight excluding hydrogens is 890 g/mol. The Morgan fingerprint density at radius 2 is 1.38 bits per heavy atom. The third-order valence-electron chi connectivity index (χ3n) is 13.9. The van der Waals surface area contributed by atoms with E-state index in [1.165, 1.54) is 30.7 Å². The number of hydrogen-bond donors (Lipinski definition) is 4. The zero-order valence-electron chi connectivity index (χ0n) is 39.0. The minimum Gasteiger partial charge on any atom is -0.464 e. The number of halogens is 1. The van der Waals surface area contributed by atoms with Crippen molar-refractivity contribution >= 4 is 46.2 Å². The first-order chi connectivity index (χ1) is 32.8. The van der Waals surface area contributed by atoms with Crippen molar-refractivity contribution < 1.29 is 37.8 Å². The lowest BCUT2D eigenvalue weighted by molar-refractivity contribution is -0.136. The number of aromatic amines is 2. The Morgan fingerprint density at radius 3 is 1.96 bits per heavy atom. The Labute approximate surface area is 396 Å². The van der Waals surface area contributed by atoms with Crippen LogP contribution in [0.3, 0.4) is 0 Å². The fourth-order valence-corrected chi connectivity index (χ4v) is 11.7. The van der Waals surface area contributed by atoms with Crippen molar-refractivity contribution in [1.29, 1.82) is 0 Å². The molecule has 0 radical (unpaired) electrons. The highest BCUT2D eigenvalue weighted by molar-refractivity contribution is 7.12. The molecule has 4 aliphatic rings. The lowest BCUT2D eigenvalue weighted by Gasteiger charge is -2.30. The first-order valence-electron chi connectivity index (χ1n) is 23.5. The van der Waals surface area contributed by atoms with Crippen LogP contribution in [0.5, 0.6) is 5.75 Å². The summed E-state index contributed by atoms with van der Waals surface area (Å²) in [6.45, 7) is 8.59. The Bertz CT molecular complexity index is 2910. The molecule has 4 amide bonds. The third kappa shape index (κ3) is 8.05. The minimum atomic E-state index is -0.767. The van der Waals surface area contributed by atoms with Crippen molar-refractivity contribution in [3.8, 4) is 39.5 Å². The number of alkyl carbamates (subject to hydrolysis) is 2. The number of nitrogens with zero attached hydrogens (tertiary/aromatic N) is 5. The summed E-state index contributed by atoms with van der Waals surface area (Å²) in [6.07, 6.45) is 7.73. The van der Waals surface area contributed by atoms with Gasteiger partial charge in [0.1, 0.15) is 35.3 Å². The first-order valence-corrected chi connectivity index (χ1v) is 24.3. The summed E-state index contributed by atoms with van der Waals surface area (Å²) in [4.78, 5) is 74.2. The predicted octanol–water partition coefficient (Wildman–Crippen LogP) is 8.81. The van der Waals surface area contributed by atoms with Crippen LogP contribution in [-0.2, 0) is 31.9 Å². The monoisotopic (exact) mass is 945 g/mol. The summed E-state index contributed by atoms with van der Waals surface area (Å²) in [6, 6.07) is 11.6. The second-order valence-corrected chi connectivity index (χ2v) is 20.1. The Morgan fingerprint density at radius 1 is 0.779 bits per heavy atom. The summed E-state index contributed by atoms with van der Waals surface area (Å²) < 4.78 is 35.5. The van der Waals surface area contributed by atoms with Crippen molar-refractivity contribution in [3.63, 3.8) is 0 Å². The van der Waals surface area contributed by atoms with Crippen molar-refractivity contribution in [2.75, 3.05) is 27.3 Å². The van der Waals surface area contributed by atoms with Crippen LogP contribution in [-0.4, -0.2) is 97.7 Å². The normalized spacial score (nSPS) is 19.5. The molecular formula is C50H56FN9O7S. The number of rotatable bonds is 11. The Hall–Kier alpha value is -6.69. The number of aromatic nitrogens is 5. The van der Waals surface area contributed by atoms with E-state index >= 15 is 4.39 Å². The SMILES string of the molecule is COC(=O)NC(C(=O)N1CCCC1c1ncc(-c2cc(F)c3c(c2)OC(c2cc4c(s2)CCC4)n2c-3cc3cc(-c4cnc(C5CCCN5C(=O)C(NC(=O)OC)C(C)C)[nH]4)ccc32)[nH]1)C(C)C. The van der Waals surface area contributed by atoms with Crippen LogP contribution in [0.1, 0.15) is 105 Å². The van der Waals surface area contributed by atoms with E-state index < -0.39 is 36.3 Å². The van der Waals surface area contributed by atoms with Gasteiger partial charge in [-0.15, -0.1) is 11.3 Å². The van der Waals surface area contributed by atoms with Crippen LogP contribution in [0.2, 0.25) is 0 Å². The van der Waals surface area contributed by atoms with E-state index in [1.54, 1.807) is 33.5 Å². The number of benzene rings is 2. The molecule has 68 heavy (non-hydrogen) atoms. The number of fused-ring (bicyclic) bond motifs is 6. The van der Waals surface area contributed by atoms with Crippen molar-refractivity contribution in [3.05, 3.63) is 87.6 Å². The van der Waals surface area contributed by atoms with E-state index in [0.717, 1.165) is 65.6 Å². The highest BCUT2D eigenvalue weighted by Gasteiger charge is 2.40. The molecule has 2 saturated heterocycles. The van der Waals surface area contributed by atoms with Crippen molar-refractivity contribution in [2.24, 2.45) is 11.8 Å². The third-order valence-corrected chi connectivity index (χ3v) is 15.2. The number of methoxy groups -OCH3 is 2. The molecule has 0 spiro atoms. The fourth-order valence-electron chi connectivity index (χ4n) is 10.5. The number of imidazole rings is 2. The van der Waals surface area contributed by atoms with Gasteiger partial charge in [0, 0.05) is 34.5 Å². The molecule has 6 aromatic rings. The average molecular weight is 946 g/mol. The molecule has 2 aromatic carbocycles. The van der Waals surface area contributed by atoms with Gasteiger partial charge in [-0.1, -0.05) is 33.8 Å². The number of carbonyl (C=O) groups excluding carboxylic acids is 4. The summed E-state index contributed by atoms with van der Waals surface area (Å²) in [5.41, 5.74) is 6.06. The summed E-state index contributed by atoms with van der Waals surface area (Å²) in [5.74, 6) is 0.499. The minimum absolute atomic E-state index is 0.149. The van der Waals surface area contributed by atoms with Gasteiger partial charge >= 0.3 is 12.2 Å². The molecule has 4 N–H and O–H groups in total. The van der Waals surface area contributed by atoms with Gasteiger partial charge in [0.15, 0.2) is 0 Å². The van der Waals surface area contributed by atoms with E-state index in [-0.39, 0.29) is 35.7 Å². The van der Waals surface area contributed by atoms with Gasteiger partial charge in [0.2, 0.25) is 18.0 Å². The Kier molecular flexibility index (Phi) is 12.0. The number of carbonyl (C=O) groups is 4. The predicted molar refractivity (Wildman–Crippen MR) is 253 cm³/mol. The maximum Gasteiger partial charge on any atom is 0.407 e. The number of H-pyrrole nitrogens is 2. The van der Waals surface area contributed by atoms with Gasteiger partial charge in [0.05, 0.1) is 71.7 Å². The lowest BCUT2D eigenvalue weighted by atomic mass is 10.0. The first kappa shape index (κ1) is 45.1. The topological polar surface area (TPSA) is 189 Å². The number of ether oxygens (including phenoxy) is 3. The van der Waals surface area contributed by atoms with Crippen molar-refractivity contribution in [1.82, 2.24) is 44.9 Å². The summed E-state index contributed by atoms with van der Waals surface area (Å²) in [5, 5.41) is 6.29. The molecule has 18 heteroatoms. The molecule has 5 atom stereocenters.